The summed E-state index contributed by atoms with van der Waals surface area (Å²) in [5.41, 5.74) is 5.25. The highest BCUT2D eigenvalue weighted by molar-refractivity contribution is 6.05. The highest BCUT2D eigenvalue weighted by atomic mass is 16.1. The number of anilines is 3. The van der Waals surface area contributed by atoms with E-state index in [9.17, 15) is 10.1 Å². The van der Waals surface area contributed by atoms with Crippen molar-refractivity contribution in [2.75, 3.05) is 10.6 Å². The average molecular weight is 356 g/mol. The number of nitriles is 1. The van der Waals surface area contributed by atoms with Crippen LogP contribution < -0.4 is 10.6 Å². The molecule has 0 aliphatic heterocycles. The van der Waals surface area contributed by atoms with Crippen LogP contribution in [0.25, 0.3) is 0 Å². The number of benzene rings is 2. The molecule has 0 bridgehead atoms. The van der Waals surface area contributed by atoms with Crippen molar-refractivity contribution >= 4 is 23.0 Å². The molecule has 134 valence electrons. The van der Waals surface area contributed by atoms with Crippen LogP contribution in [0.5, 0.6) is 0 Å². The number of nitrogens with one attached hydrogen (secondary N) is 2. The average Bonchev–Trinajstić information content (AvgIpc) is 2.70. The number of rotatable bonds is 5. The first-order valence-electron chi connectivity index (χ1n) is 8.73. The molecule has 1 amide bonds. The lowest BCUT2D eigenvalue weighted by Crippen LogP contribution is -2.15. The van der Waals surface area contributed by atoms with E-state index in [1.54, 1.807) is 24.4 Å². The van der Waals surface area contributed by atoms with Crippen molar-refractivity contribution in [2.24, 2.45) is 0 Å². The van der Waals surface area contributed by atoms with E-state index in [0.29, 0.717) is 22.5 Å². The molecule has 0 unspecified atom stereocenters. The van der Waals surface area contributed by atoms with Gasteiger partial charge in [-0.05, 0) is 42.7 Å². The summed E-state index contributed by atoms with van der Waals surface area (Å²) in [6.45, 7) is 4.03. The Kier molecular flexibility index (Phi) is 5.48. The molecule has 5 nitrogen and oxygen atoms in total. The minimum atomic E-state index is -0.219. The maximum atomic E-state index is 12.7. The molecular formula is C22H20N4O. The summed E-state index contributed by atoms with van der Waals surface area (Å²) in [4.78, 5) is 16.9. The second kappa shape index (κ2) is 8.15. The van der Waals surface area contributed by atoms with Crippen molar-refractivity contribution in [3.05, 3.63) is 83.2 Å². The number of para-hydroxylation sites is 2. The Labute approximate surface area is 158 Å². The van der Waals surface area contributed by atoms with Gasteiger partial charge in [-0.25, -0.2) is 0 Å². The van der Waals surface area contributed by atoms with Gasteiger partial charge >= 0.3 is 0 Å². The molecule has 2 N–H and O–H groups in total. The second-order valence-corrected chi connectivity index (χ2v) is 6.16. The largest absolute Gasteiger partial charge is 0.353 e. The van der Waals surface area contributed by atoms with Crippen LogP contribution in [0.2, 0.25) is 0 Å². The summed E-state index contributed by atoms with van der Waals surface area (Å²) < 4.78 is 0. The van der Waals surface area contributed by atoms with Gasteiger partial charge < -0.3 is 10.6 Å². The van der Waals surface area contributed by atoms with Crippen molar-refractivity contribution in [1.29, 1.82) is 5.26 Å². The Morgan fingerprint density at radius 3 is 2.74 bits per heavy atom. The minimum Gasteiger partial charge on any atom is -0.353 e. The Balaban J connectivity index is 1.84. The van der Waals surface area contributed by atoms with Crippen LogP contribution >= 0.6 is 0 Å². The molecule has 1 heterocycles. The maximum Gasteiger partial charge on any atom is 0.257 e. The lowest BCUT2D eigenvalue weighted by atomic mass is 10.1. The van der Waals surface area contributed by atoms with Crippen LogP contribution in [0.15, 0.2) is 60.9 Å². The van der Waals surface area contributed by atoms with Gasteiger partial charge in [0.2, 0.25) is 0 Å². The smallest absolute Gasteiger partial charge is 0.257 e. The molecule has 0 aliphatic rings. The first kappa shape index (κ1) is 18.2. The highest BCUT2D eigenvalue weighted by Crippen LogP contribution is 2.23. The van der Waals surface area contributed by atoms with Crippen LogP contribution in [0, 0.1) is 18.3 Å². The molecular weight excluding hydrogens is 336 g/mol. The second-order valence-electron chi connectivity index (χ2n) is 6.16. The fraction of sp³-hybridized carbons (Fsp3) is 0.136. The molecule has 2 aromatic carbocycles. The lowest BCUT2D eigenvalue weighted by Gasteiger charge is -2.13. The van der Waals surface area contributed by atoms with Crippen molar-refractivity contribution in [1.82, 2.24) is 4.98 Å². The van der Waals surface area contributed by atoms with Gasteiger partial charge in [-0.1, -0.05) is 37.3 Å². The topological polar surface area (TPSA) is 77.8 Å². The van der Waals surface area contributed by atoms with Crippen molar-refractivity contribution in [2.45, 2.75) is 20.3 Å². The lowest BCUT2D eigenvalue weighted by molar-refractivity contribution is 0.102. The van der Waals surface area contributed by atoms with Crippen molar-refractivity contribution in [3.63, 3.8) is 0 Å². The monoisotopic (exact) mass is 356 g/mol. The Morgan fingerprint density at radius 2 is 1.96 bits per heavy atom. The van der Waals surface area contributed by atoms with Gasteiger partial charge in [-0.15, -0.1) is 0 Å². The zero-order valence-electron chi connectivity index (χ0n) is 15.3. The van der Waals surface area contributed by atoms with E-state index in [4.69, 9.17) is 0 Å². The molecule has 0 fully saturated rings. The molecule has 0 saturated heterocycles. The fourth-order valence-corrected chi connectivity index (χ4v) is 2.87. The highest BCUT2D eigenvalue weighted by Gasteiger charge is 2.12. The number of carbonyl (C=O) groups excluding carboxylic acids is 1. The van der Waals surface area contributed by atoms with Gasteiger partial charge in [0.15, 0.2) is 0 Å². The Morgan fingerprint density at radius 1 is 1.15 bits per heavy atom. The quantitative estimate of drug-likeness (QED) is 0.687. The molecule has 3 aromatic rings. The van der Waals surface area contributed by atoms with Crippen LogP contribution in [0.3, 0.4) is 0 Å². The van der Waals surface area contributed by atoms with Crippen molar-refractivity contribution in [3.8, 4) is 6.07 Å². The summed E-state index contributed by atoms with van der Waals surface area (Å²) in [5.74, 6) is -0.219. The van der Waals surface area contributed by atoms with E-state index < -0.39 is 0 Å². The van der Waals surface area contributed by atoms with Gasteiger partial charge in [0, 0.05) is 11.9 Å². The van der Waals surface area contributed by atoms with Crippen LogP contribution in [-0.2, 0) is 6.42 Å². The van der Waals surface area contributed by atoms with E-state index in [0.717, 1.165) is 23.2 Å². The molecule has 0 saturated carbocycles. The molecule has 0 radical (unpaired) electrons. The van der Waals surface area contributed by atoms with E-state index >= 15 is 0 Å². The standard InChI is InChI=1S/C22H20N4O/c1-3-16-9-6-7-15(2)21(16)26-22(27)18-11-19(14-24-13-18)25-20-10-5-4-8-17(20)12-23/h4-11,13-14,25H,3H2,1-2H3,(H,26,27). The SMILES string of the molecule is CCc1cccc(C)c1NC(=O)c1cncc(Nc2ccccc2C#N)c1. The zero-order valence-corrected chi connectivity index (χ0v) is 15.3. The maximum absolute atomic E-state index is 12.7. The van der Waals surface area contributed by atoms with Crippen LogP contribution in [0.4, 0.5) is 17.1 Å². The first-order valence-corrected chi connectivity index (χ1v) is 8.73. The van der Waals surface area contributed by atoms with Gasteiger partial charge in [-0.3, -0.25) is 9.78 Å². The number of aryl methyl sites for hydroxylation is 2. The van der Waals surface area contributed by atoms with E-state index in [2.05, 4.69) is 28.6 Å². The first-order chi connectivity index (χ1) is 13.1. The summed E-state index contributed by atoms with van der Waals surface area (Å²) >= 11 is 0. The molecule has 0 atom stereocenters. The summed E-state index contributed by atoms with van der Waals surface area (Å²) in [6.07, 6.45) is 3.98. The molecule has 0 aliphatic carbocycles. The minimum absolute atomic E-state index is 0.219. The third kappa shape index (κ3) is 4.13. The zero-order chi connectivity index (χ0) is 19.2. The Hall–Kier alpha value is -3.65. The van der Waals surface area contributed by atoms with Gasteiger partial charge in [-0.2, -0.15) is 5.26 Å². The molecule has 1 aromatic heterocycles. The number of hydrogen-bond donors (Lipinski definition) is 2. The van der Waals surface area contributed by atoms with Gasteiger partial charge in [0.1, 0.15) is 6.07 Å². The Bertz CT molecular complexity index is 1020. The number of amides is 1. The van der Waals surface area contributed by atoms with E-state index in [1.807, 2.05) is 37.3 Å². The number of aromatic nitrogens is 1. The number of hydrogen-bond acceptors (Lipinski definition) is 4. The molecule has 0 spiro atoms. The van der Waals surface area contributed by atoms with Crippen LogP contribution in [0.1, 0.15) is 34.0 Å². The van der Waals surface area contributed by atoms with Gasteiger partial charge in [0.05, 0.1) is 28.7 Å². The van der Waals surface area contributed by atoms with E-state index in [-0.39, 0.29) is 5.91 Å². The van der Waals surface area contributed by atoms with Crippen LogP contribution in [-0.4, -0.2) is 10.9 Å². The number of nitrogens with zero attached hydrogens (tertiary/aromatic N) is 2. The fourth-order valence-electron chi connectivity index (χ4n) is 2.87. The third-order valence-corrected chi connectivity index (χ3v) is 4.31. The predicted molar refractivity (Wildman–Crippen MR) is 107 cm³/mol. The molecule has 27 heavy (non-hydrogen) atoms. The normalized spacial score (nSPS) is 10.1. The summed E-state index contributed by atoms with van der Waals surface area (Å²) in [5, 5.41) is 15.4. The van der Waals surface area contributed by atoms with Gasteiger partial charge in [0.25, 0.3) is 5.91 Å². The third-order valence-electron chi connectivity index (χ3n) is 4.31. The summed E-state index contributed by atoms with van der Waals surface area (Å²) in [6, 6.07) is 17.0. The van der Waals surface area contributed by atoms with E-state index in [1.165, 1.54) is 6.20 Å². The van der Waals surface area contributed by atoms with Crippen molar-refractivity contribution < 1.29 is 4.79 Å². The molecule has 5 heteroatoms. The number of pyridine rings is 1. The molecule has 3 rings (SSSR count). The predicted octanol–water partition coefficient (Wildman–Crippen LogP) is 4.82. The summed E-state index contributed by atoms with van der Waals surface area (Å²) in [7, 11) is 0. The number of carbonyl (C=O) groups is 1.